The zero-order valence-corrected chi connectivity index (χ0v) is 13.8. The first-order valence-electron chi connectivity index (χ1n) is 6.39. The number of likely N-dealkylation sites (tertiary alicyclic amines) is 1. The van der Waals surface area contributed by atoms with E-state index in [1.54, 1.807) is 12.3 Å². The van der Waals surface area contributed by atoms with Crippen LogP contribution in [0.2, 0.25) is 5.15 Å². The average molecular weight is 346 g/mol. The van der Waals surface area contributed by atoms with E-state index >= 15 is 0 Å². The molecule has 1 unspecified atom stereocenters. The number of hydrogen-bond donors (Lipinski definition) is 0. The first kappa shape index (κ1) is 14.8. The molecular formula is C14H18BrClN2O. The normalized spacial score (nSPS) is 19.8. The van der Waals surface area contributed by atoms with E-state index < -0.39 is 0 Å². The van der Waals surface area contributed by atoms with Crippen molar-refractivity contribution in [3.63, 3.8) is 0 Å². The highest BCUT2D eigenvalue weighted by Gasteiger charge is 2.34. The first-order valence-corrected chi connectivity index (χ1v) is 7.56. The average Bonchev–Trinajstić information content (AvgIpc) is 2.80. The maximum atomic E-state index is 12.5. The van der Waals surface area contributed by atoms with Crippen molar-refractivity contribution in [2.24, 2.45) is 11.3 Å². The van der Waals surface area contributed by atoms with Crippen molar-refractivity contribution < 1.29 is 4.79 Å². The third-order valence-corrected chi connectivity index (χ3v) is 4.47. The Morgan fingerprint density at radius 2 is 2.21 bits per heavy atom. The summed E-state index contributed by atoms with van der Waals surface area (Å²) in [5.74, 6) is 0.515. The molecule has 0 N–H and O–H groups in total. The lowest BCUT2D eigenvalue weighted by Gasteiger charge is -2.27. The smallest absolute Gasteiger partial charge is 0.257 e. The Labute approximate surface area is 127 Å². The maximum absolute atomic E-state index is 12.5. The largest absolute Gasteiger partial charge is 0.338 e. The zero-order chi connectivity index (χ0) is 14.2. The molecular weight excluding hydrogens is 328 g/mol. The van der Waals surface area contributed by atoms with Crippen LogP contribution in [0.25, 0.3) is 0 Å². The molecule has 1 aromatic rings. The van der Waals surface area contributed by atoms with E-state index in [-0.39, 0.29) is 16.5 Å². The van der Waals surface area contributed by atoms with Crippen LogP contribution in [0.5, 0.6) is 0 Å². The van der Waals surface area contributed by atoms with Gasteiger partial charge >= 0.3 is 0 Å². The molecule has 0 saturated carbocycles. The molecule has 5 heteroatoms. The SMILES string of the molecule is CC(C)(C)C1CCN(C(=O)c2cc(Br)cnc2Cl)C1. The molecule has 1 fully saturated rings. The van der Waals surface area contributed by atoms with Crippen molar-refractivity contribution in [3.8, 4) is 0 Å². The Kier molecular flexibility index (Phi) is 4.21. The molecule has 19 heavy (non-hydrogen) atoms. The van der Waals surface area contributed by atoms with Crippen LogP contribution >= 0.6 is 27.5 Å². The van der Waals surface area contributed by atoms with Crippen LogP contribution in [0.4, 0.5) is 0 Å². The van der Waals surface area contributed by atoms with Gasteiger partial charge in [0.15, 0.2) is 0 Å². The fraction of sp³-hybridized carbons (Fsp3) is 0.571. The highest BCUT2D eigenvalue weighted by atomic mass is 79.9. The molecule has 3 nitrogen and oxygen atoms in total. The van der Waals surface area contributed by atoms with Crippen LogP contribution in [0, 0.1) is 11.3 Å². The number of pyridine rings is 1. The molecule has 1 saturated heterocycles. The van der Waals surface area contributed by atoms with Crippen LogP contribution in [-0.4, -0.2) is 28.9 Å². The summed E-state index contributed by atoms with van der Waals surface area (Å²) in [5.41, 5.74) is 0.708. The summed E-state index contributed by atoms with van der Waals surface area (Å²) in [6.45, 7) is 8.26. The summed E-state index contributed by atoms with van der Waals surface area (Å²) in [5, 5.41) is 0.271. The number of halogens is 2. The zero-order valence-electron chi connectivity index (χ0n) is 11.4. The fourth-order valence-electron chi connectivity index (χ4n) is 2.39. The molecule has 1 aliphatic heterocycles. The van der Waals surface area contributed by atoms with Gasteiger partial charge in [-0.1, -0.05) is 32.4 Å². The lowest BCUT2D eigenvalue weighted by molar-refractivity contribution is 0.0776. The third-order valence-electron chi connectivity index (χ3n) is 3.74. The van der Waals surface area contributed by atoms with E-state index in [9.17, 15) is 4.79 Å². The summed E-state index contributed by atoms with van der Waals surface area (Å²) >= 11 is 9.34. The van der Waals surface area contributed by atoms with Crippen molar-refractivity contribution >= 4 is 33.4 Å². The van der Waals surface area contributed by atoms with Gasteiger partial charge in [-0.15, -0.1) is 0 Å². The Bertz CT molecular complexity index is 499. The van der Waals surface area contributed by atoms with Gasteiger partial charge in [0.25, 0.3) is 5.91 Å². The molecule has 2 rings (SSSR count). The molecule has 0 aromatic carbocycles. The second-order valence-corrected chi connectivity index (χ2v) is 7.37. The third kappa shape index (κ3) is 3.29. The molecule has 0 spiro atoms. The van der Waals surface area contributed by atoms with Gasteiger partial charge in [0.05, 0.1) is 5.56 Å². The van der Waals surface area contributed by atoms with Crippen LogP contribution in [0.3, 0.4) is 0 Å². The van der Waals surface area contributed by atoms with Crippen molar-refractivity contribution in [3.05, 3.63) is 27.5 Å². The number of nitrogens with zero attached hydrogens (tertiary/aromatic N) is 2. The van der Waals surface area contributed by atoms with Crippen LogP contribution in [0.15, 0.2) is 16.7 Å². The van der Waals surface area contributed by atoms with Gasteiger partial charge in [0.1, 0.15) is 5.15 Å². The van der Waals surface area contributed by atoms with Crippen molar-refractivity contribution in [2.45, 2.75) is 27.2 Å². The van der Waals surface area contributed by atoms with Gasteiger partial charge in [-0.2, -0.15) is 0 Å². The molecule has 104 valence electrons. The Morgan fingerprint density at radius 3 is 2.79 bits per heavy atom. The van der Waals surface area contributed by atoms with Gasteiger partial charge in [0.2, 0.25) is 0 Å². The second-order valence-electron chi connectivity index (χ2n) is 6.09. The predicted octanol–water partition coefficient (Wildman–Crippen LogP) is 4.01. The van der Waals surface area contributed by atoms with Gasteiger partial charge in [-0.25, -0.2) is 4.98 Å². The fourth-order valence-corrected chi connectivity index (χ4v) is 2.91. The maximum Gasteiger partial charge on any atom is 0.257 e. The standard InChI is InChI=1S/C14H18BrClN2O/c1-14(2,3)9-4-5-18(8-9)13(19)11-6-10(15)7-17-12(11)16/h6-7,9H,4-5,8H2,1-3H3. The van der Waals surface area contributed by atoms with Crippen LogP contribution in [0.1, 0.15) is 37.6 Å². The minimum atomic E-state index is -0.0226. The Morgan fingerprint density at radius 1 is 1.53 bits per heavy atom. The van der Waals surface area contributed by atoms with Crippen LogP contribution in [-0.2, 0) is 0 Å². The number of amides is 1. The number of aromatic nitrogens is 1. The van der Waals surface area contributed by atoms with Crippen molar-refractivity contribution in [2.75, 3.05) is 13.1 Å². The first-order chi connectivity index (χ1) is 8.79. The lowest BCUT2D eigenvalue weighted by Crippen LogP contribution is -2.31. The van der Waals surface area contributed by atoms with Crippen molar-refractivity contribution in [1.82, 2.24) is 9.88 Å². The minimum absolute atomic E-state index is 0.0226. The van der Waals surface area contributed by atoms with Gasteiger partial charge in [-0.05, 0) is 39.8 Å². The van der Waals surface area contributed by atoms with E-state index in [1.807, 2.05) is 4.90 Å². The monoisotopic (exact) mass is 344 g/mol. The Balaban J connectivity index is 2.16. The number of hydrogen-bond acceptors (Lipinski definition) is 2. The summed E-state index contributed by atoms with van der Waals surface area (Å²) < 4.78 is 0.770. The molecule has 0 bridgehead atoms. The predicted molar refractivity (Wildman–Crippen MR) is 80.4 cm³/mol. The summed E-state index contributed by atoms with van der Waals surface area (Å²) in [7, 11) is 0. The molecule has 0 aliphatic carbocycles. The summed E-state index contributed by atoms with van der Waals surface area (Å²) in [6.07, 6.45) is 2.65. The van der Waals surface area contributed by atoms with Gasteiger partial charge in [-0.3, -0.25) is 4.79 Å². The second kappa shape index (κ2) is 5.41. The number of carbonyl (C=O) groups excluding carboxylic acids is 1. The Hall–Kier alpha value is -0.610. The molecule has 0 radical (unpaired) electrons. The molecule has 1 amide bonds. The summed E-state index contributed by atoms with van der Waals surface area (Å²) in [6, 6.07) is 1.74. The van der Waals surface area contributed by atoms with Gasteiger partial charge < -0.3 is 4.90 Å². The van der Waals surface area contributed by atoms with E-state index in [1.165, 1.54) is 0 Å². The number of carbonyl (C=O) groups is 1. The minimum Gasteiger partial charge on any atom is -0.338 e. The highest BCUT2D eigenvalue weighted by molar-refractivity contribution is 9.10. The van der Waals surface area contributed by atoms with Crippen LogP contribution < -0.4 is 0 Å². The van der Waals surface area contributed by atoms with E-state index in [0.717, 1.165) is 24.0 Å². The van der Waals surface area contributed by atoms with E-state index in [0.29, 0.717) is 11.5 Å². The topological polar surface area (TPSA) is 33.2 Å². The highest BCUT2D eigenvalue weighted by Crippen LogP contribution is 2.34. The number of rotatable bonds is 1. The lowest BCUT2D eigenvalue weighted by atomic mass is 9.80. The van der Waals surface area contributed by atoms with Crippen molar-refractivity contribution in [1.29, 1.82) is 0 Å². The molecule has 1 aliphatic rings. The van der Waals surface area contributed by atoms with E-state index in [4.69, 9.17) is 11.6 Å². The quantitative estimate of drug-likeness (QED) is 0.721. The molecule has 2 heterocycles. The molecule has 1 atom stereocenters. The van der Waals surface area contributed by atoms with Gasteiger partial charge in [0, 0.05) is 23.8 Å². The molecule has 1 aromatic heterocycles. The summed E-state index contributed by atoms with van der Waals surface area (Å²) in [4.78, 5) is 18.4. The van der Waals surface area contributed by atoms with E-state index in [2.05, 4.69) is 41.7 Å².